The highest BCUT2D eigenvalue weighted by atomic mass is 35.5. The average molecular weight is 533 g/mol. The van der Waals surface area contributed by atoms with Crippen LogP contribution >= 0.6 is 34.3 Å². The van der Waals surface area contributed by atoms with Crippen molar-refractivity contribution in [1.82, 2.24) is 14.3 Å². The molecule has 11 heteroatoms. The normalized spacial score (nSPS) is 17.1. The first-order chi connectivity index (χ1) is 16.4. The number of piperidine rings is 1. The Bertz CT molecular complexity index is 1390. The van der Waals surface area contributed by atoms with Gasteiger partial charge in [-0.1, -0.05) is 41.1 Å². The number of pyridine rings is 1. The van der Waals surface area contributed by atoms with Crippen molar-refractivity contribution in [2.45, 2.75) is 23.6 Å². The summed E-state index contributed by atoms with van der Waals surface area (Å²) in [5.74, 6) is -0.622. The van der Waals surface area contributed by atoms with E-state index in [1.54, 1.807) is 17.2 Å². The molecule has 0 radical (unpaired) electrons. The van der Waals surface area contributed by atoms with Gasteiger partial charge >= 0.3 is 0 Å². The van der Waals surface area contributed by atoms with E-state index in [0.717, 1.165) is 27.2 Å². The number of thiazole rings is 1. The maximum atomic E-state index is 13.8. The zero-order chi connectivity index (χ0) is 23.7. The van der Waals surface area contributed by atoms with Gasteiger partial charge < -0.3 is 0 Å². The van der Waals surface area contributed by atoms with Gasteiger partial charge in [0, 0.05) is 19.3 Å². The van der Waals surface area contributed by atoms with Crippen LogP contribution in [0.3, 0.4) is 0 Å². The van der Waals surface area contributed by atoms with Crippen molar-refractivity contribution in [2.75, 3.05) is 18.0 Å². The second-order valence-electron chi connectivity index (χ2n) is 7.97. The summed E-state index contributed by atoms with van der Waals surface area (Å²) in [6.45, 7) is 0.770. The van der Waals surface area contributed by atoms with Gasteiger partial charge in [-0.05, 0) is 49.2 Å². The standard InChI is InChI=1S/C23H21ClN4O3S3/c24-20-10-11-21(33-20)34(30,31)27-13-5-6-16(14-27)22(29)28(15-17-7-3-4-12-25-17)23-26-18-8-1-2-9-19(18)32-23/h1-4,7-12,16H,5-6,13-15H2. The molecule has 5 rings (SSSR count). The second-order valence-corrected chi connectivity index (χ2v) is 12.9. The fourth-order valence-electron chi connectivity index (χ4n) is 4.02. The van der Waals surface area contributed by atoms with Crippen molar-refractivity contribution in [3.63, 3.8) is 0 Å². The lowest BCUT2D eigenvalue weighted by Gasteiger charge is -2.33. The lowest BCUT2D eigenvalue weighted by molar-refractivity contribution is -0.123. The number of rotatable bonds is 6. The minimum Gasteiger partial charge on any atom is -0.282 e. The molecule has 3 aromatic heterocycles. The summed E-state index contributed by atoms with van der Waals surface area (Å²) in [5, 5.41) is 0.585. The number of carbonyl (C=O) groups is 1. The van der Waals surface area contributed by atoms with E-state index in [-0.39, 0.29) is 23.2 Å². The molecule has 0 saturated carbocycles. The minimum absolute atomic E-state index is 0.125. The van der Waals surface area contributed by atoms with Crippen LogP contribution in [-0.2, 0) is 21.4 Å². The van der Waals surface area contributed by atoms with Crippen molar-refractivity contribution < 1.29 is 13.2 Å². The van der Waals surface area contributed by atoms with Crippen LogP contribution in [0.2, 0.25) is 4.34 Å². The summed E-state index contributed by atoms with van der Waals surface area (Å²) < 4.78 is 29.3. The Hall–Kier alpha value is -2.37. The third kappa shape index (κ3) is 4.73. The molecule has 4 aromatic rings. The van der Waals surface area contributed by atoms with E-state index in [2.05, 4.69) is 4.98 Å². The molecule has 0 spiro atoms. The number of benzene rings is 1. The lowest BCUT2D eigenvalue weighted by Crippen LogP contribution is -2.46. The van der Waals surface area contributed by atoms with E-state index in [1.165, 1.54) is 21.7 Å². The predicted molar refractivity (Wildman–Crippen MR) is 136 cm³/mol. The highest BCUT2D eigenvalue weighted by Crippen LogP contribution is 2.34. The molecule has 4 heterocycles. The Morgan fingerprint density at radius 1 is 1.12 bits per heavy atom. The van der Waals surface area contributed by atoms with E-state index >= 15 is 0 Å². The Balaban J connectivity index is 1.44. The van der Waals surface area contributed by atoms with Gasteiger partial charge in [0.25, 0.3) is 10.0 Å². The molecule has 0 bridgehead atoms. The highest BCUT2D eigenvalue weighted by molar-refractivity contribution is 7.91. The molecule has 1 aliphatic heterocycles. The quantitative estimate of drug-likeness (QED) is 0.347. The molecule has 1 atom stereocenters. The first-order valence-electron chi connectivity index (χ1n) is 10.7. The van der Waals surface area contributed by atoms with Gasteiger partial charge in [-0.3, -0.25) is 14.7 Å². The number of nitrogens with zero attached hydrogens (tertiary/aromatic N) is 4. The van der Waals surface area contributed by atoms with E-state index in [9.17, 15) is 13.2 Å². The topological polar surface area (TPSA) is 83.5 Å². The molecular weight excluding hydrogens is 512 g/mol. The van der Waals surface area contributed by atoms with Gasteiger partial charge in [-0.15, -0.1) is 11.3 Å². The fourth-order valence-corrected chi connectivity index (χ4v) is 8.15. The Morgan fingerprint density at radius 2 is 1.94 bits per heavy atom. The number of hydrogen-bond donors (Lipinski definition) is 0. The fraction of sp³-hybridized carbons (Fsp3) is 0.261. The molecule has 34 heavy (non-hydrogen) atoms. The van der Waals surface area contributed by atoms with Crippen molar-refractivity contribution in [3.8, 4) is 0 Å². The summed E-state index contributed by atoms with van der Waals surface area (Å²) in [4.78, 5) is 24.5. The predicted octanol–water partition coefficient (Wildman–Crippen LogP) is 5.04. The maximum absolute atomic E-state index is 13.8. The van der Waals surface area contributed by atoms with E-state index in [4.69, 9.17) is 16.6 Å². The third-order valence-corrected chi connectivity index (χ3v) is 10.3. The summed E-state index contributed by atoms with van der Waals surface area (Å²) >= 11 is 8.44. The molecule has 0 aliphatic carbocycles. The van der Waals surface area contributed by atoms with Gasteiger partial charge in [0.2, 0.25) is 5.91 Å². The maximum Gasteiger partial charge on any atom is 0.252 e. The van der Waals surface area contributed by atoms with Gasteiger partial charge in [0.1, 0.15) is 4.21 Å². The van der Waals surface area contributed by atoms with E-state index in [1.807, 2.05) is 42.5 Å². The number of para-hydroxylation sites is 1. The number of amides is 1. The molecule has 1 amide bonds. The second kappa shape index (κ2) is 9.71. The summed E-state index contributed by atoms with van der Waals surface area (Å²) in [7, 11) is -3.71. The van der Waals surface area contributed by atoms with Gasteiger partial charge in [0.15, 0.2) is 5.13 Å². The Kier molecular flexibility index (Phi) is 6.67. The summed E-state index contributed by atoms with van der Waals surface area (Å²) in [6.07, 6.45) is 2.91. The van der Waals surface area contributed by atoms with Crippen molar-refractivity contribution >= 4 is 65.6 Å². The molecule has 0 N–H and O–H groups in total. The number of halogens is 1. The zero-order valence-electron chi connectivity index (χ0n) is 18.0. The summed E-state index contributed by atoms with van der Waals surface area (Å²) in [6, 6.07) is 16.4. The molecular formula is C23H21ClN4O3S3. The Morgan fingerprint density at radius 3 is 2.68 bits per heavy atom. The van der Waals surface area contributed by atoms with Crippen LogP contribution in [0.1, 0.15) is 18.5 Å². The van der Waals surface area contributed by atoms with Gasteiger partial charge in [-0.25, -0.2) is 13.4 Å². The number of anilines is 1. The van der Waals surface area contributed by atoms with Crippen molar-refractivity contribution in [2.24, 2.45) is 5.92 Å². The first-order valence-corrected chi connectivity index (χ1v) is 14.2. The van der Waals surface area contributed by atoms with Crippen LogP contribution in [0, 0.1) is 5.92 Å². The summed E-state index contributed by atoms with van der Waals surface area (Å²) in [5.41, 5.74) is 1.56. The van der Waals surface area contributed by atoms with Gasteiger partial charge in [-0.2, -0.15) is 4.31 Å². The molecule has 7 nitrogen and oxygen atoms in total. The number of fused-ring (bicyclic) bond motifs is 1. The van der Waals surface area contributed by atoms with Gasteiger partial charge in [0.05, 0.1) is 32.7 Å². The van der Waals surface area contributed by atoms with E-state index < -0.39 is 15.9 Å². The highest BCUT2D eigenvalue weighted by Gasteiger charge is 2.37. The smallest absolute Gasteiger partial charge is 0.252 e. The minimum atomic E-state index is -3.71. The molecule has 1 aliphatic rings. The Labute approximate surface area is 210 Å². The number of hydrogen-bond acceptors (Lipinski definition) is 7. The molecule has 1 unspecified atom stereocenters. The number of thiophene rings is 1. The number of aromatic nitrogens is 2. The molecule has 1 aromatic carbocycles. The van der Waals surface area contributed by atoms with Crippen molar-refractivity contribution in [1.29, 1.82) is 0 Å². The monoisotopic (exact) mass is 532 g/mol. The van der Waals surface area contributed by atoms with E-state index in [0.29, 0.717) is 28.9 Å². The number of sulfonamides is 1. The largest absolute Gasteiger partial charge is 0.282 e. The molecule has 176 valence electrons. The zero-order valence-corrected chi connectivity index (χ0v) is 21.2. The van der Waals surface area contributed by atoms with Crippen LogP contribution in [0.4, 0.5) is 5.13 Å². The molecule has 1 fully saturated rings. The van der Waals surface area contributed by atoms with Crippen LogP contribution in [0.15, 0.2) is 65.0 Å². The lowest BCUT2D eigenvalue weighted by atomic mass is 9.98. The van der Waals surface area contributed by atoms with Crippen LogP contribution in [0.25, 0.3) is 10.2 Å². The average Bonchev–Trinajstić information content (AvgIpc) is 3.49. The van der Waals surface area contributed by atoms with Crippen LogP contribution in [0.5, 0.6) is 0 Å². The number of carbonyl (C=O) groups excluding carboxylic acids is 1. The first kappa shape index (κ1) is 23.4. The molecule has 1 saturated heterocycles. The van der Waals surface area contributed by atoms with Crippen molar-refractivity contribution in [3.05, 3.63) is 70.8 Å². The third-order valence-electron chi connectivity index (χ3n) is 5.70. The van der Waals surface area contributed by atoms with Crippen LogP contribution < -0.4 is 4.90 Å². The SMILES string of the molecule is O=C(C1CCCN(S(=O)(=O)c2ccc(Cl)s2)C1)N(Cc1ccccn1)c1nc2ccccc2s1. The van der Waals surface area contributed by atoms with Crippen LogP contribution in [-0.4, -0.2) is 41.7 Å².